The molecule has 3 aromatic heterocycles. The predicted molar refractivity (Wildman–Crippen MR) is 76.7 cm³/mol. The van der Waals surface area contributed by atoms with Crippen LogP contribution in [-0.4, -0.2) is 15.9 Å². The number of aromatic nitrogens is 2. The smallest absolute Gasteiger partial charge is 0.279 e. The zero-order valence-electron chi connectivity index (χ0n) is 10.7. The molecule has 1 N–H and O–H groups in total. The van der Waals surface area contributed by atoms with Crippen LogP contribution in [-0.2, 0) is 0 Å². The maximum atomic E-state index is 12.1. The van der Waals surface area contributed by atoms with E-state index in [1.165, 1.54) is 11.3 Å². The van der Waals surface area contributed by atoms with Crippen molar-refractivity contribution in [3.8, 4) is 10.8 Å². The van der Waals surface area contributed by atoms with Gasteiger partial charge in [-0.2, -0.15) is 0 Å². The average Bonchev–Trinajstić information content (AvgIpc) is 3.08. The van der Waals surface area contributed by atoms with E-state index in [0.29, 0.717) is 17.5 Å². The number of thiophene rings is 1. The number of anilines is 1. The Bertz CT molecular complexity index is 720. The highest BCUT2D eigenvalue weighted by atomic mass is 32.1. The number of hydrogen-bond donors (Lipinski definition) is 1. The van der Waals surface area contributed by atoms with Gasteiger partial charge in [-0.3, -0.25) is 4.79 Å². The van der Waals surface area contributed by atoms with Crippen molar-refractivity contribution in [2.75, 3.05) is 5.32 Å². The number of nitrogens with one attached hydrogen (secondary N) is 1. The lowest BCUT2D eigenvalue weighted by Gasteiger charge is -2.00. The summed E-state index contributed by atoms with van der Waals surface area (Å²) >= 11 is 1.51. The van der Waals surface area contributed by atoms with Crippen molar-refractivity contribution < 1.29 is 9.21 Å². The number of hydrogen-bond acceptors (Lipinski definition) is 5. The Morgan fingerprint density at radius 3 is 2.90 bits per heavy atom. The number of rotatable bonds is 3. The molecule has 0 aromatic carbocycles. The summed E-state index contributed by atoms with van der Waals surface area (Å²) in [7, 11) is 0. The van der Waals surface area contributed by atoms with Crippen LogP contribution < -0.4 is 5.32 Å². The van der Waals surface area contributed by atoms with Crippen molar-refractivity contribution in [1.29, 1.82) is 0 Å². The summed E-state index contributed by atoms with van der Waals surface area (Å²) in [6.45, 7) is 1.72. The van der Waals surface area contributed by atoms with Crippen molar-refractivity contribution >= 4 is 23.1 Å². The zero-order chi connectivity index (χ0) is 13.9. The largest absolute Gasteiger partial charge is 0.440 e. The fourth-order valence-corrected chi connectivity index (χ4v) is 2.37. The van der Waals surface area contributed by atoms with Gasteiger partial charge in [-0.25, -0.2) is 9.97 Å². The van der Waals surface area contributed by atoms with Gasteiger partial charge >= 0.3 is 0 Å². The van der Waals surface area contributed by atoms with Crippen LogP contribution in [0.2, 0.25) is 0 Å². The van der Waals surface area contributed by atoms with E-state index < -0.39 is 0 Å². The van der Waals surface area contributed by atoms with E-state index in [0.717, 1.165) is 4.88 Å². The topological polar surface area (TPSA) is 68.0 Å². The molecule has 1 amide bonds. The van der Waals surface area contributed by atoms with Crippen molar-refractivity contribution in [3.63, 3.8) is 0 Å². The number of nitrogens with zero attached hydrogens (tertiary/aromatic N) is 2. The van der Waals surface area contributed by atoms with E-state index in [4.69, 9.17) is 4.42 Å². The molecule has 0 saturated heterocycles. The molecule has 0 fully saturated rings. The lowest BCUT2D eigenvalue weighted by atomic mass is 10.3. The third-order valence-electron chi connectivity index (χ3n) is 2.65. The number of carbonyl (C=O) groups excluding carboxylic acids is 1. The first-order valence-electron chi connectivity index (χ1n) is 5.98. The van der Waals surface area contributed by atoms with E-state index in [-0.39, 0.29) is 11.6 Å². The number of aryl methyl sites for hydroxylation is 1. The van der Waals surface area contributed by atoms with Crippen LogP contribution in [0.5, 0.6) is 0 Å². The second kappa shape index (κ2) is 5.26. The first-order valence-corrected chi connectivity index (χ1v) is 6.85. The van der Waals surface area contributed by atoms with Crippen LogP contribution in [0.25, 0.3) is 10.8 Å². The molecule has 0 saturated carbocycles. The highest BCUT2D eigenvalue weighted by molar-refractivity contribution is 7.13. The van der Waals surface area contributed by atoms with Crippen molar-refractivity contribution in [2.24, 2.45) is 0 Å². The van der Waals surface area contributed by atoms with Crippen molar-refractivity contribution in [1.82, 2.24) is 9.97 Å². The van der Waals surface area contributed by atoms with Crippen LogP contribution in [0, 0.1) is 6.92 Å². The number of carbonyl (C=O) groups is 1. The monoisotopic (exact) mass is 285 g/mol. The molecular formula is C14H11N3O2S. The van der Waals surface area contributed by atoms with E-state index in [1.807, 2.05) is 17.5 Å². The lowest BCUT2D eigenvalue weighted by Crippen LogP contribution is -2.14. The van der Waals surface area contributed by atoms with E-state index in [2.05, 4.69) is 15.3 Å². The van der Waals surface area contributed by atoms with Gasteiger partial charge in [0, 0.05) is 6.20 Å². The van der Waals surface area contributed by atoms with Gasteiger partial charge in [-0.15, -0.1) is 11.3 Å². The third-order valence-corrected chi connectivity index (χ3v) is 3.51. The summed E-state index contributed by atoms with van der Waals surface area (Å²) in [5.41, 5.74) is 0.277. The zero-order valence-corrected chi connectivity index (χ0v) is 11.5. The Labute approximate surface area is 119 Å². The van der Waals surface area contributed by atoms with Gasteiger partial charge in [0.15, 0.2) is 5.69 Å². The molecular weight excluding hydrogens is 274 g/mol. The molecule has 0 radical (unpaired) electrons. The normalized spacial score (nSPS) is 10.4. The molecule has 0 unspecified atom stereocenters. The fourth-order valence-electron chi connectivity index (χ4n) is 1.72. The van der Waals surface area contributed by atoms with Crippen LogP contribution in [0.1, 0.15) is 16.2 Å². The molecule has 0 bridgehead atoms. The first kappa shape index (κ1) is 12.6. The Hall–Kier alpha value is -2.47. The average molecular weight is 285 g/mol. The Balaban J connectivity index is 1.85. The maximum absolute atomic E-state index is 12.1. The van der Waals surface area contributed by atoms with Gasteiger partial charge in [0.05, 0.1) is 4.88 Å². The Morgan fingerprint density at radius 2 is 2.20 bits per heavy atom. The number of oxazole rings is 1. The minimum atomic E-state index is -0.326. The second-order valence-corrected chi connectivity index (χ2v) is 5.02. The van der Waals surface area contributed by atoms with E-state index in [9.17, 15) is 4.79 Å². The summed E-state index contributed by atoms with van der Waals surface area (Å²) < 4.78 is 5.54. The molecule has 3 heterocycles. The summed E-state index contributed by atoms with van der Waals surface area (Å²) in [6, 6.07) is 9.11. The lowest BCUT2D eigenvalue weighted by molar-refractivity contribution is 0.102. The molecule has 0 spiro atoms. The van der Waals surface area contributed by atoms with Crippen LogP contribution in [0.3, 0.4) is 0 Å². The van der Waals surface area contributed by atoms with Gasteiger partial charge in [0.1, 0.15) is 11.6 Å². The first-order chi connectivity index (χ1) is 9.74. The summed E-state index contributed by atoms with van der Waals surface area (Å²) in [4.78, 5) is 21.3. The SMILES string of the molecule is Cc1oc(-c2cccs2)nc1C(=O)Nc1ccccn1. The fraction of sp³-hybridized carbons (Fsp3) is 0.0714. The Kier molecular flexibility index (Phi) is 3.30. The standard InChI is InChI=1S/C14H11N3O2S/c1-9-12(13(18)16-11-6-2-3-7-15-11)17-14(19-9)10-5-4-8-20-10/h2-8H,1H3,(H,15,16,18). The minimum absolute atomic E-state index is 0.277. The minimum Gasteiger partial charge on any atom is -0.440 e. The van der Waals surface area contributed by atoms with Gasteiger partial charge in [0.25, 0.3) is 5.91 Å². The highest BCUT2D eigenvalue weighted by Gasteiger charge is 2.18. The van der Waals surface area contributed by atoms with Gasteiger partial charge in [-0.05, 0) is 30.5 Å². The summed E-state index contributed by atoms with van der Waals surface area (Å²) in [5, 5.41) is 4.62. The molecule has 3 rings (SSSR count). The van der Waals surface area contributed by atoms with Gasteiger partial charge in [-0.1, -0.05) is 12.1 Å². The Morgan fingerprint density at radius 1 is 1.30 bits per heavy atom. The van der Waals surface area contributed by atoms with Gasteiger partial charge < -0.3 is 9.73 Å². The maximum Gasteiger partial charge on any atom is 0.279 e. The summed E-state index contributed by atoms with van der Waals surface area (Å²) in [6.07, 6.45) is 1.61. The molecule has 0 aliphatic rings. The molecule has 100 valence electrons. The quantitative estimate of drug-likeness (QED) is 0.801. The number of pyridine rings is 1. The predicted octanol–water partition coefficient (Wildman–Crippen LogP) is 3.36. The van der Waals surface area contributed by atoms with Crippen molar-refractivity contribution in [3.05, 3.63) is 53.4 Å². The molecule has 20 heavy (non-hydrogen) atoms. The van der Waals surface area contributed by atoms with Crippen LogP contribution >= 0.6 is 11.3 Å². The summed E-state index contributed by atoms with van der Waals surface area (Å²) in [5.74, 6) is 1.11. The molecule has 0 aliphatic carbocycles. The molecule has 6 heteroatoms. The number of amides is 1. The van der Waals surface area contributed by atoms with Gasteiger partial charge in [0.2, 0.25) is 5.89 Å². The molecule has 0 aliphatic heterocycles. The second-order valence-electron chi connectivity index (χ2n) is 4.07. The van der Waals surface area contributed by atoms with Crippen LogP contribution in [0.4, 0.5) is 5.82 Å². The van der Waals surface area contributed by atoms with E-state index in [1.54, 1.807) is 31.3 Å². The van der Waals surface area contributed by atoms with Crippen molar-refractivity contribution in [2.45, 2.75) is 6.92 Å². The molecule has 0 atom stereocenters. The van der Waals surface area contributed by atoms with Crippen LogP contribution in [0.15, 0.2) is 46.3 Å². The molecule has 3 aromatic rings. The third kappa shape index (κ3) is 2.46. The molecule has 5 nitrogen and oxygen atoms in total. The van der Waals surface area contributed by atoms with E-state index >= 15 is 0 Å². The highest BCUT2D eigenvalue weighted by Crippen LogP contribution is 2.26.